The van der Waals surface area contributed by atoms with Crippen molar-refractivity contribution in [3.05, 3.63) is 47.4 Å². The number of anilines is 1. The van der Waals surface area contributed by atoms with Crippen molar-refractivity contribution in [2.45, 2.75) is 38.5 Å². The molecule has 12 heteroatoms. The Hall–Kier alpha value is -3.38. The van der Waals surface area contributed by atoms with Gasteiger partial charge < -0.3 is 20.3 Å². The lowest BCUT2D eigenvalue weighted by Crippen LogP contribution is -2.44. The fourth-order valence-corrected chi connectivity index (χ4v) is 3.12. The van der Waals surface area contributed by atoms with Crippen LogP contribution in [0, 0.1) is 5.82 Å². The molecule has 2 amide bonds. The highest BCUT2D eigenvalue weighted by molar-refractivity contribution is 5.93. The molecular formula is C20H22F3N5O4. The molecule has 0 aliphatic heterocycles. The second kappa shape index (κ2) is 9.40. The number of carbonyl (C=O) groups is 1. The van der Waals surface area contributed by atoms with E-state index in [0.717, 1.165) is 0 Å². The van der Waals surface area contributed by atoms with E-state index >= 15 is 0 Å². The Morgan fingerprint density at radius 3 is 2.56 bits per heavy atom. The van der Waals surface area contributed by atoms with E-state index in [9.17, 15) is 28.2 Å². The summed E-state index contributed by atoms with van der Waals surface area (Å²) in [5.74, 6) is -0.582. The molecule has 0 bridgehead atoms. The predicted molar refractivity (Wildman–Crippen MR) is 109 cm³/mol. The molecule has 1 aromatic carbocycles. The third-order valence-corrected chi connectivity index (χ3v) is 4.51. The normalized spacial score (nSPS) is 12.8. The Labute approximate surface area is 180 Å². The highest BCUT2D eigenvalue weighted by Crippen LogP contribution is 2.29. The summed E-state index contributed by atoms with van der Waals surface area (Å²) in [6, 6.07) is 5.07. The lowest BCUT2D eigenvalue weighted by Gasteiger charge is -2.30. The van der Waals surface area contributed by atoms with Crippen LogP contribution < -0.4 is 15.4 Å². The molecule has 2 heterocycles. The highest BCUT2D eigenvalue weighted by Gasteiger charge is 2.30. The molecule has 1 unspecified atom stereocenters. The first-order valence-corrected chi connectivity index (χ1v) is 9.53. The summed E-state index contributed by atoms with van der Waals surface area (Å²) in [7, 11) is 0. The predicted octanol–water partition coefficient (Wildman–Crippen LogP) is 2.87. The maximum absolute atomic E-state index is 13.2. The minimum atomic E-state index is -2.71. The van der Waals surface area contributed by atoms with E-state index in [0.29, 0.717) is 11.1 Å². The lowest BCUT2D eigenvalue weighted by atomic mass is 9.92. The number of nitrogens with zero attached hydrogens (tertiary/aromatic N) is 2. The third kappa shape index (κ3) is 5.45. The van der Waals surface area contributed by atoms with E-state index in [1.807, 2.05) is 0 Å². The standard InChI is InChI=1S/C20H22F3N5O4/c1-20(2,31)17(10-3-5-11(21)6-4-10)26-19(30)25-15-7-12-16(13(8-29)24-15)18(28-27-12)32-9-14(22)23/h3-7,14,17,29,31H,8-9H2,1-2H3,(H,27,28)(H2,24,25,26,30). The third-order valence-electron chi connectivity index (χ3n) is 4.51. The second-order valence-corrected chi connectivity index (χ2v) is 7.50. The molecule has 0 spiro atoms. The number of hydrogen-bond donors (Lipinski definition) is 5. The van der Waals surface area contributed by atoms with Crippen molar-refractivity contribution in [2.75, 3.05) is 11.9 Å². The number of aromatic nitrogens is 3. The molecule has 172 valence electrons. The number of ether oxygens (including phenoxy) is 1. The molecule has 1 atom stereocenters. The number of halogens is 3. The summed E-state index contributed by atoms with van der Waals surface area (Å²) in [5, 5.41) is 31.8. The first-order valence-electron chi connectivity index (χ1n) is 9.53. The van der Waals surface area contributed by atoms with Gasteiger partial charge in [0, 0.05) is 6.07 Å². The average molecular weight is 453 g/mol. The van der Waals surface area contributed by atoms with Crippen molar-refractivity contribution in [3.8, 4) is 5.88 Å². The van der Waals surface area contributed by atoms with E-state index < -0.39 is 43.1 Å². The number of aromatic amines is 1. The van der Waals surface area contributed by atoms with Gasteiger partial charge in [0.25, 0.3) is 6.43 Å². The molecule has 0 aliphatic carbocycles. The molecule has 0 saturated heterocycles. The number of nitrogens with one attached hydrogen (secondary N) is 3. The quantitative estimate of drug-likeness (QED) is 0.356. The van der Waals surface area contributed by atoms with Gasteiger partial charge in [-0.25, -0.2) is 22.9 Å². The van der Waals surface area contributed by atoms with Gasteiger partial charge >= 0.3 is 6.03 Å². The summed E-state index contributed by atoms with van der Waals surface area (Å²) in [4.78, 5) is 16.7. The van der Waals surface area contributed by atoms with Crippen LogP contribution in [0.15, 0.2) is 30.3 Å². The number of H-pyrrole nitrogens is 1. The van der Waals surface area contributed by atoms with Gasteiger partial charge in [-0.1, -0.05) is 12.1 Å². The number of carbonyl (C=O) groups excluding carboxylic acids is 1. The topological polar surface area (TPSA) is 132 Å². The number of rotatable bonds is 8. The van der Waals surface area contributed by atoms with Crippen LogP contribution in [0.5, 0.6) is 5.88 Å². The summed E-state index contributed by atoms with van der Waals surface area (Å²) in [5.41, 5.74) is -0.569. The maximum atomic E-state index is 13.2. The highest BCUT2D eigenvalue weighted by atomic mass is 19.3. The summed E-state index contributed by atoms with van der Waals surface area (Å²) in [6.07, 6.45) is -2.71. The Morgan fingerprint density at radius 2 is 1.97 bits per heavy atom. The number of amides is 2. The zero-order chi connectivity index (χ0) is 23.5. The van der Waals surface area contributed by atoms with E-state index in [-0.39, 0.29) is 22.8 Å². The molecule has 5 N–H and O–H groups in total. The smallest absolute Gasteiger partial charge is 0.320 e. The van der Waals surface area contributed by atoms with Gasteiger partial charge in [0.05, 0.1) is 34.8 Å². The minimum absolute atomic E-state index is 0.0247. The molecule has 3 rings (SSSR count). The number of benzene rings is 1. The van der Waals surface area contributed by atoms with Crippen LogP contribution in [0.1, 0.15) is 31.1 Å². The van der Waals surface area contributed by atoms with Crippen LogP contribution >= 0.6 is 0 Å². The van der Waals surface area contributed by atoms with Gasteiger partial charge in [0.1, 0.15) is 11.6 Å². The van der Waals surface area contributed by atoms with Crippen molar-refractivity contribution in [1.29, 1.82) is 0 Å². The molecule has 32 heavy (non-hydrogen) atoms. The number of pyridine rings is 1. The first-order chi connectivity index (χ1) is 15.1. The molecular weight excluding hydrogens is 431 g/mol. The molecule has 0 fully saturated rings. The van der Waals surface area contributed by atoms with E-state index in [1.165, 1.54) is 44.2 Å². The van der Waals surface area contributed by atoms with E-state index in [1.54, 1.807) is 0 Å². The molecule has 0 aliphatic rings. The number of aliphatic hydroxyl groups excluding tert-OH is 1. The Balaban J connectivity index is 1.81. The molecule has 0 radical (unpaired) electrons. The lowest BCUT2D eigenvalue weighted by molar-refractivity contribution is 0.0415. The first kappa shape index (κ1) is 23.3. The second-order valence-electron chi connectivity index (χ2n) is 7.50. The summed E-state index contributed by atoms with van der Waals surface area (Å²) < 4.78 is 43.0. The zero-order valence-corrected chi connectivity index (χ0v) is 17.2. The van der Waals surface area contributed by atoms with Crippen molar-refractivity contribution < 1.29 is 32.9 Å². The fourth-order valence-electron chi connectivity index (χ4n) is 3.12. The van der Waals surface area contributed by atoms with Gasteiger partial charge in [-0.05, 0) is 31.5 Å². The largest absolute Gasteiger partial charge is 0.470 e. The Bertz CT molecular complexity index is 1080. The summed E-state index contributed by atoms with van der Waals surface area (Å²) in [6.45, 7) is 1.52. The molecule has 9 nitrogen and oxygen atoms in total. The Kier molecular flexibility index (Phi) is 6.84. The van der Waals surface area contributed by atoms with Gasteiger partial charge in [-0.2, -0.15) is 0 Å². The number of urea groups is 1. The van der Waals surface area contributed by atoms with Crippen LogP contribution in [0.2, 0.25) is 0 Å². The minimum Gasteiger partial charge on any atom is -0.470 e. The number of hydrogen-bond acceptors (Lipinski definition) is 6. The molecule has 3 aromatic rings. The van der Waals surface area contributed by atoms with Crippen LogP contribution in [0.25, 0.3) is 10.9 Å². The van der Waals surface area contributed by atoms with Gasteiger partial charge in [0.15, 0.2) is 6.61 Å². The van der Waals surface area contributed by atoms with Crippen LogP contribution in [0.4, 0.5) is 23.8 Å². The zero-order valence-electron chi connectivity index (χ0n) is 17.2. The van der Waals surface area contributed by atoms with Crippen LogP contribution in [-0.2, 0) is 6.61 Å². The Morgan fingerprint density at radius 1 is 1.28 bits per heavy atom. The number of fused-ring (bicyclic) bond motifs is 1. The van der Waals surface area contributed by atoms with Crippen LogP contribution in [-0.4, -0.2) is 50.1 Å². The number of alkyl halides is 2. The summed E-state index contributed by atoms with van der Waals surface area (Å²) >= 11 is 0. The maximum Gasteiger partial charge on any atom is 0.320 e. The number of aliphatic hydroxyl groups is 2. The SMILES string of the molecule is CC(C)(O)C(NC(=O)Nc1cc2[nH]nc(OCC(F)F)c2c(CO)n1)c1ccc(F)cc1. The van der Waals surface area contributed by atoms with E-state index in [2.05, 4.69) is 25.8 Å². The van der Waals surface area contributed by atoms with Crippen molar-refractivity contribution in [1.82, 2.24) is 20.5 Å². The fraction of sp³-hybridized carbons (Fsp3) is 0.350. The van der Waals surface area contributed by atoms with Gasteiger partial charge in [-0.3, -0.25) is 10.4 Å². The monoisotopic (exact) mass is 453 g/mol. The van der Waals surface area contributed by atoms with Gasteiger partial charge in [-0.15, -0.1) is 5.10 Å². The van der Waals surface area contributed by atoms with Gasteiger partial charge in [0.2, 0.25) is 5.88 Å². The molecule has 0 saturated carbocycles. The van der Waals surface area contributed by atoms with Crippen LogP contribution in [0.3, 0.4) is 0 Å². The molecule has 2 aromatic heterocycles. The van der Waals surface area contributed by atoms with Crippen molar-refractivity contribution >= 4 is 22.8 Å². The van der Waals surface area contributed by atoms with Crippen molar-refractivity contribution in [2.24, 2.45) is 0 Å². The van der Waals surface area contributed by atoms with Crippen molar-refractivity contribution in [3.63, 3.8) is 0 Å². The van der Waals surface area contributed by atoms with E-state index in [4.69, 9.17) is 4.74 Å². The average Bonchev–Trinajstić information content (AvgIpc) is 3.13.